The molecule has 3 aromatic rings. The zero-order valence-electron chi connectivity index (χ0n) is 11.4. The zero-order valence-corrected chi connectivity index (χ0v) is 13.5. The van der Waals surface area contributed by atoms with Gasteiger partial charge >= 0.3 is 0 Å². The Morgan fingerprint density at radius 3 is 2.62 bits per heavy atom. The highest BCUT2D eigenvalue weighted by molar-refractivity contribution is 14.1. The predicted octanol–water partition coefficient (Wildman–Crippen LogP) is 3.86. The minimum absolute atomic E-state index is 0.158. The average Bonchev–Trinajstić information content (AvgIpc) is 3.00. The van der Waals surface area contributed by atoms with Crippen molar-refractivity contribution in [1.82, 2.24) is 9.97 Å². The van der Waals surface area contributed by atoms with Gasteiger partial charge in [-0.05, 0) is 34.7 Å². The lowest BCUT2D eigenvalue weighted by Crippen LogP contribution is -2.14. The number of aryl methyl sites for hydroxylation is 1. The summed E-state index contributed by atoms with van der Waals surface area (Å²) < 4.78 is 6.24. The van der Waals surface area contributed by atoms with E-state index in [0.29, 0.717) is 20.8 Å². The van der Waals surface area contributed by atoms with Gasteiger partial charge in [0.05, 0.1) is 5.69 Å². The molecule has 0 atom stereocenters. The Hall–Kier alpha value is -1.89. The molecule has 1 N–H and O–H groups in total. The van der Waals surface area contributed by atoms with Gasteiger partial charge in [-0.3, -0.25) is 4.79 Å². The van der Waals surface area contributed by atoms with E-state index in [9.17, 15) is 4.79 Å². The van der Waals surface area contributed by atoms with Crippen molar-refractivity contribution in [3.05, 3.63) is 62.1 Å². The molecule has 3 rings (SSSR count). The summed E-state index contributed by atoms with van der Waals surface area (Å²) in [6.45, 7) is 2.02. The molecule has 0 saturated heterocycles. The fourth-order valence-electron chi connectivity index (χ4n) is 2.06. The number of halogens is 1. The Balaban J connectivity index is 2.16. The molecule has 0 aliphatic rings. The van der Waals surface area contributed by atoms with Crippen LogP contribution in [0.3, 0.4) is 0 Å². The summed E-state index contributed by atoms with van der Waals surface area (Å²) in [6.07, 6.45) is 0.806. The molecule has 1 aromatic carbocycles. The van der Waals surface area contributed by atoms with E-state index in [1.165, 1.54) is 0 Å². The molecule has 0 fully saturated rings. The number of nitrogens with zero attached hydrogens (tertiary/aromatic N) is 1. The van der Waals surface area contributed by atoms with E-state index < -0.39 is 0 Å². The number of furan rings is 1. The van der Waals surface area contributed by atoms with Crippen molar-refractivity contribution >= 4 is 22.6 Å². The summed E-state index contributed by atoms with van der Waals surface area (Å²) in [7, 11) is 0. The van der Waals surface area contributed by atoms with Gasteiger partial charge in [0.2, 0.25) is 0 Å². The number of nitrogens with one attached hydrogen (secondary N) is 1. The summed E-state index contributed by atoms with van der Waals surface area (Å²) in [6, 6.07) is 13.4. The van der Waals surface area contributed by atoms with Gasteiger partial charge in [-0.2, -0.15) is 0 Å². The number of aromatic amines is 1. The normalized spacial score (nSPS) is 10.8. The van der Waals surface area contributed by atoms with E-state index in [2.05, 4.69) is 9.97 Å². The number of rotatable bonds is 3. The molecule has 5 heteroatoms. The van der Waals surface area contributed by atoms with Crippen LogP contribution in [0.25, 0.3) is 22.8 Å². The topological polar surface area (TPSA) is 58.9 Å². The van der Waals surface area contributed by atoms with Crippen LogP contribution in [0.5, 0.6) is 0 Å². The molecule has 2 heterocycles. The molecule has 21 heavy (non-hydrogen) atoms. The van der Waals surface area contributed by atoms with Crippen LogP contribution in [-0.4, -0.2) is 9.97 Å². The third kappa shape index (κ3) is 2.78. The second kappa shape index (κ2) is 5.85. The van der Waals surface area contributed by atoms with Crippen LogP contribution in [0, 0.1) is 3.57 Å². The first-order valence-corrected chi connectivity index (χ1v) is 7.71. The first-order chi connectivity index (χ1) is 10.2. The number of hydrogen-bond acceptors (Lipinski definition) is 3. The van der Waals surface area contributed by atoms with Gasteiger partial charge in [0.1, 0.15) is 9.33 Å². The monoisotopic (exact) mass is 392 g/mol. The maximum Gasteiger partial charge on any atom is 0.265 e. The van der Waals surface area contributed by atoms with Gasteiger partial charge in [0, 0.05) is 12.0 Å². The summed E-state index contributed by atoms with van der Waals surface area (Å²) in [5.74, 6) is 1.91. The molecule has 4 nitrogen and oxygen atoms in total. The largest absolute Gasteiger partial charge is 0.458 e. The summed E-state index contributed by atoms with van der Waals surface area (Å²) in [5, 5.41) is 0. The van der Waals surface area contributed by atoms with Crippen molar-refractivity contribution in [1.29, 1.82) is 0 Å². The summed E-state index contributed by atoms with van der Waals surface area (Å²) in [4.78, 5) is 19.5. The van der Waals surface area contributed by atoms with Crippen molar-refractivity contribution < 1.29 is 4.42 Å². The van der Waals surface area contributed by atoms with E-state index in [4.69, 9.17) is 4.42 Å². The second-order valence-electron chi connectivity index (χ2n) is 4.56. The van der Waals surface area contributed by atoms with E-state index in [1.807, 2.05) is 72.0 Å². The molecule has 0 aliphatic carbocycles. The first kappa shape index (κ1) is 14.1. The Morgan fingerprint density at radius 2 is 1.95 bits per heavy atom. The highest BCUT2D eigenvalue weighted by Crippen LogP contribution is 2.24. The van der Waals surface area contributed by atoms with Crippen molar-refractivity contribution in [3.8, 4) is 22.8 Å². The number of aromatic nitrogens is 2. The highest BCUT2D eigenvalue weighted by Gasteiger charge is 2.14. The molecular formula is C16H13IN2O2. The molecule has 0 radical (unpaired) electrons. The van der Waals surface area contributed by atoms with Crippen molar-refractivity contribution in [2.45, 2.75) is 13.3 Å². The van der Waals surface area contributed by atoms with Crippen molar-refractivity contribution in [2.75, 3.05) is 0 Å². The second-order valence-corrected chi connectivity index (χ2v) is 5.64. The third-order valence-corrected chi connectivity index (χ3v) is 4.15. The van der Waals surface area contributed by atoms with Crippen LogP contribution in [0.1, 0.15) is 12.7 Å². The van der Waals surface area contributed by atoms with Crippen LogP contribution in [0.15, 0.2) is 51.7 Å². The molecule has 2 aromatic heterocycles. The van der Waals surface area contributed by atoms with E-state index in [0.717, 1.165) is 17.7 Å². The van der Waals surface area contributed by atoms with Gasteiger partial charge in [-0.25, -0.2) is 4.98 Å². The highest BCUT2D eigenvalue weighted by atomic mass is 127. The van der Waals surface area contributed by atoms with Gasteiger partial charge in [-0.1, -0.05) is 37.3 Å². The van der Waals surface area contributed by atoms with Crippen molar-refractivity contribution in [2.24, 2.45) is 0 Å². The van der Waals surface area contributed by atoms with E-state index in [1.54, 1.807) is 0 Å². The maximum absolute atomic E-state index is 12.1. The average molecular weight is 392 g/mol. The van der Waals surface area contributed by atoms with Crippen LogP contribution >= 0.6 is 22.6 Å². The Labute approximate surface area is 135 Å². The third-order valence-electron chi connectivity index (χ3n) is 3.15. The maximum atomic E-state index is 12.1. The van der Waals surface area contributed by atoms with Crippen molar-refractivity contribution in [3.63, 3.8) is 0 Å². The fraction of sp³-hybridized carbons (Fsp3) is 0.125. The minimum Gasteiger partial charge on any atom is -0.458 e. The quantitative estimate of drug-likeness (QED) is 0.689. The lowest BCUT2D eigenvalue weighted by atomic mass is 10.1. The number of H-pyrrole nitrogens is 1. The molecule has 0 amide bonds. The lowest BCUT2D eigenvalue weighted by molar-refractivity contribution is 0.525. The van der Waals surface area contributed by atoms with Gasteiger partial charge in [0.25, 0.3) is 5.56 Å². The van der Waals surface area contributed by atoms with E-state index in [-0.39, 0.29) is 5.56 Å². The lowest BCUT2D eigenvalue weighted by Gasteiger charge is -2.05. The standard InChI is InChI=1S/C16H13IN2O2/c1-2-11-8-9-12(21-11)15-18-14(13(17)16(20)19-15)10-6-4-3-5-7-10/h3-9H,2H2,1H3,(H,18,19,20). The van der Waals surface area contributed by atoms with Gasteiger partial charge < -0.3 is 9.40 Å². The molecular weight excluding hydrogens is 379 g/mol. The first-order valence-electron chi connectivity index (χ1n) is 6.63. The summed E-state index contributed by atoms with van der Waals surface area (Å²) >= 11 is 2.02. The van der Waals surface area contributed by atoms with E-state index >= 15 is 0 Å². The zero-order chi connectivity index (χ0) is 14.8. The Kier molecular flexibility index (Phi) is 3.92. The molecule has 0 unspecified atom stereocenters. The van der Waals surface area contributed by atoms with Crippen LogP contribution < -0.4 is 5.56 Å². The predicted molar refractivity (Wildman–Crippen MR) is 90.1 cm³/mol. The Bertz CT molecular complexity index is 822. The van der Waals surface area contributed by atoms with Gasteiger partial charge in [0.15, 0.2) is 11.6 Å². The molecule has 0 bridgehead atoms. The molecule has 106 valence electrons. The van der Waals surface area contributed by atoms with Crippen LogP contribution in [0.4, 0.5) is 0 Å². The van der Waals surface area contributed by atoms with Crippen LogP contribution in [0.2, 0.25) is 0 Å². The number of benzene rings is 1. The minimum atomic E-state index is -0.158. The summed E-state index contributed by atoms with van der Waals surface area (Å²) in [5.41, 5.74) is 1.43. The van der Waals surface area contributed by atoms with Gasteiger partial charge in [-0.15, -0.1) is 0 Å². The SMILES string of the molecule is CCc1ccc(-c2nc(-c3ccccc3)c(I)c(=O)[nH]2)o1. The fourth-order valence-corrected chi connectivity index (χ4v) is 2.62. The molecule has 0 spiro atoms. The molecule has 0 aliphatic heterocycles. The molecule has 0 saturated carbocycles. The Morgan fingerprint density at radius 1 is 1.19 bits per heavy atom. The van der Waals surface area contributed by atoms with Crippen LogP contribution in [-0.2, 0) is 6.42 Å². The number of hydrogen-bond donors (Lipinski definition) is 1. The smallest absolute Gasteiger partial charge is 0.265 e.